The van der Waals surface area contributed by atoms with E-state index in [9.17, 15) is 0 Å². The molecule has 0 atom stereocenters. The lowest BCUT2D eigenvalue weighted by Gasteiger charge is -2.15. The minimum absolute atomic E-state index is 1.14. The zero-order valence-electron chi connectivity index (χ0n) is 15.9. The van der Waals surface area contributed by atoms with Crippen LogP contribution in [0.3, 0.4) is 0 Å². The maximum atomic E-state index is 4.54. The molecule has 1 N–H and O–H groups in total. The lowest BCUT2D eigenvalue weighted by atomic mass is 9.93. The molecular weight excluding hydrogens is 316 g/mol. The highest BCUT2D eigenvalue weighted by molar-refractivity contribution is 5.86. The van der Waals surface area contributed by atoms with E-state index in [1.165, 1.54) is 60.8 Å². The van der Waals surface area contributed by atoms with Gasteiger partial charge in [0.25, 0.3) is 0 Å². The molecule has 0 aliphatic heterocycles. The molecule has 2 heteroatoms. The first-order valence-electron chi connectivity index (χ1n) is 9.92. The largest absolute Gasteiger partial charge is 0.278 e. The lowest BCUT2D eigenvalue weighted by molar-refractivity contribution is 0.630. The van der Waals surface area contributed by atoms with E-state index in [0.29, 0.717) is 0 Å². The number of benzene rings is 2. The molecule has 2 aliphatic carbocycles. The van der Waals surface area contributed by atoms with Gasteiger partial charge in [0, 0.05) is 5.56 Å². The van der Waals surface area contributed by atoms with Crippen LogP contribution in [-0.2, 0) is 6.42 Å². The van der Waals surface area contributed by atoms with Crippen LogP contribution in [0.1, 0.15) is 66.3 Å². The quantitative estimate of drug-likeness (QED) is 0.504. The molecule has 2 nitrogen and oxygen atoms in total. The van der Waals surface area contributed by atoms with Crippen LogP contribution in [0.4, 0.5) is 5.69 Å². The summed E-state index contributed by atoms with van der Waals surface area (Å²) >= 11 is 0. The summed E-state index contributed by atoms with van der Waals surface area (Å²) in [6, 6.07) is 13.1. The van der Waals surface area contributed by atoms with Crippen molar-refractivity contribution in [3.8, 4) is 0 Å². The fourth-order valence-electron chi connectivity index (χ4n) is 4.27. The Bertz CT molecular complexity index is 874. The van der Waals surface area contributed by atoms with Gasteiger partial charge in [-0.1, -0.05) is 48.7 Å². The van der Waals surface area contributed by atoms with Crippen LogP contribution in [0.25, 0.3) is 5.57 Å². The average Bonchev–Trinajstić information content (AvgIpc) is 2.95. The molecule has 0 saturated heterocycles. The zero-order valence-corrected chi connectivity index (χ0v) is 15.9. The molecule has 0 aromatic heterocycles. The van der Waals surface area contributed by atoms with Gasteiger partial charge in [0.05, 0.1) is 11.9 Å². The monoisotopic (exact) mass is 344 g/mol. The Morgan fingerprint density at radius 2 is 1.77 bits per heavy atom. The molecule has 2 aliphatic rings. The van der Waals surface area contributed by atoms with Gasteiger partial charge in [-0.05, 0) is 79.8 Å². The summed E-state index contributed by atoms with van der Waals surface area (Å²) in [4.78, 5) is 0. The Morgan fingerprint density at radius 3 is 2.62 bits per heavy atom. The maximum absolute atomic E-state index is 4.54. The molecule has 0 spiro atoms. The van der Waals surface area contributed by atoms with Crippen molar-refractivity contribution in [2.75, 3.05) is 5.43 Å². The Morgan fingerprint density at radius 1 is 0.923 bits per heavy atom. The fourth-order valence-corrected chi connectivity index (χ4v) is 4.27. The number of hydrogen-bond acceptors (Lipinski definition) is 2. The predicted molar refractivity (Wildman–Crippen MR) is 112 cm³/mol. The summed E-state index contributed by atoms with van der Waals surface area (Å²) < 4.78 is 0. The number of rotatable bonds is 3. The number of nitrogens with zero attached hydrogens (tertiary/aromatic N) is 1. The van der Waals surface area contributed by atoms with Gasteiger partial charge in [0.1, 0.15) is 0 Å². The second-order valence-electron chi connectivity index (χ2n) is 7.73. The van der Waals surface area contributed by atoms with E-state index in [1.807, 2.05) is 6.21 Å². The minimum atomic E-state index is 1.14. The first-order valence-corrected chi connectivity index (χ1v) is 9.92. The van der Waals surface area contributed by atoms with E-state index in [-0.39, 0.29) is 0 Å². The lowest BCUT2D eigenvalue weighted by Crippen LogP contribution is -1.98. The third kappa shape index (κ3) is 3.46. The van der Waals surface area contributed by atoms with Crippen molar-refractivity contribution in [3.63, 3.8) is 0 Å². The van der Waals surface area contributed by atoms with Crippen molar-refractivity contribution in [1.29, 1.82) is 0 Å². The van der Waals surface area contributed by atoms with Crippen LogP contribution in [0.5, 0.6) is 0 Å². The van der Waals surface area contributed by atoms with E-state index >= 15 is 0 Å². The molecule has 2 aromatic rings. The molecule has 0 unspecified atom stereocenters. The standard InChI is InChI=1S/C24H28N2/c1-17-12-13-19(14-18(17)2)16-25-26-23-11-7-9-21-15-20-8-5-3-4-6-10-22(20)24(21)23/h7,9,11-14,16,26H,3-6,8,10,15H2,1-2H3/b25-16+. The number of aryl methyl sites for hydroxylation is 2. The summed E-state index contributed by atoms with van der Waals surface area (Å²) in [5, 5.41) is 4.54. The molecule has 0 radical (unpaired) electrons. The van der Waals surface area contributed by atoms with Crippen molar-refractivity contribution in [3.05, 3.63) is 69.8 Å². The highest BCUT2D eigenvalue weighted by atomic mass is 15.3. The van der Waals surface area contributed by atoms with E-state index < -0.39 is 0 Å². The van der Waals surface area contributed by atoms with Gasteiger partial charge in [-0.15, -0.1) is 0 Å². The molecule has 0 amide bonds. The Balaban J connectivity index is 1.58. The number of fused-ring (bicyclic) bond motifs is 2. The van der Waals surface area contributed by atoms with Gasteiger partial charge < -0.3 is 0 Å². The van der Waals surface area contributed by atoms with Crippen LogP contribution in [0, 0.1) is 13.8 Å². The minimum Gasteiger partial charge on any atom is -0.278 e. The number of nitrogens with one attached hydrogen (secondary N) is 1. The maximum Gasteiger partial charge on any atom is 0.0639 e. The van der Waals surface area contributed by atoms with Crippen LogP contribution in [0.2, 0.25) is 0 Å². The Kier molecular flexibility index (Phi) is 4.92. The van der Waals surface area contributed by atoms with E-state index in [1.54, 1.807) is 11.1 Å². The highest BCUT2D eigenvalue weighted by Crippen LogP contribution is 2.43. The number of allylic oxidation sites excluding steroid dienone is 2. The second-order valence-corrected chi connectivity index (χ2v) is 7.73. The van der Waals surface area contributed by atoms with Crippen molar-refractivity contribution >= 4 is 17.5 Å². The molecule has 0 fully saturated rings. The number of hydrogen-bond donors (Lipinski definition) is 1. The topological polar surface area (TPSA) is 24.4 Å². The van der Waals surface area contributed by atoms with E-state index in [2.05, 4.69) is 60.8 Å². The van der Waals surface area contributed by atoms with Crippen molar-refractivity contribution in [2.45, 2.75) is 58.8 Å². The second kappa shape index (κ2) is 7.49. The van der Waals surface area contributed by atoms with Gasteiger partial charge in [0.15, 0.2) is 0 Å². The van der Waals surface area contributed by atoms with Crippen LogP contribution in [-0.4, -0.2) is 6.21 Å². The normalized spacial score (nSPS) is 17.0. The van der Waals surface area contributed by atoms with E-state index in [0.717, 1.165) is 17.7 Å². The Hall–Kier alpha value is -2.35. The first-order chi connectivity index (χ1) is 12.7. The van der Waals surface area contributed by atoms with Crippen LogP contribution < -0.4 is 5.43 Å². The molecule has 0 heterocycles. The fraction of sp³-hybridized carbons (Fsp3) is 0.375. The summed E-state index contributed by atoms with van der Waals surface area (Å²) in [5.74, 6) is 0. The van der Waals surface area contributed by atoms with Gasteiger partial charge in [-0.2, -0.15) is 5.10 Å². The number of hydrazone groups is 1. The van der Waals surface area contributed by atoms with Gasteiger partial charge in [0.2, 0.25) is 0 Å². The SMILES string of the molecule is Cc1ccc(/C=N/Nc2cccc3c2C2=C(CCCCCC2)C3)cc1C. The summed E-state index contributed by atoms with van der Waals surface area (Å²) in [7, 11) is 0. The number of anilines is 1. The molecule has 4 rings (SSSR count). The van der Waals surface area contributed by atoms with Crippen LogP contribution >= 0.6 is 0 Å². The smallest absolute Gasteiger partial charge is 0.0639 e. The third-order valence-corrected chi connectivity index (χ3v) is 5.87. The summed E-state index contributed by atoms with van der Waals surface area (Å²) in [6.45, 7) is 4.29. The van der Waals surface area contributed by atoms with E-state index in [4.69, 9.17) is 0 Å². The molecule has 2 aromatic carbocycles. The van der Waals surface area contributed by atoms with Gasteiger partial charge in [-0.3, -0.25) is 5.43 Å². The Labute approximate surface area is 157 Å². The van der Waals surface area contributed by atoms with Gasteiger partial charge in [-0.25, -0.2) is 0 Å². The van der Waals surface area contributed by atoms with Crippen molar-refractivity contribution < 1.29 is 0 Å². The molecule has 0 bridgehead atoms. The van der Waals surface area contributed by atoms with Crippen molar-refractivity contribution in [1.82, 2.24) is 0 Å². The molecular formula is C24H28N2. The van der Waals surface area contributed by atoms with Crippen molar-refractivity contribution in [2.24, 2.45) is 5.10 Å². The first kappa shape index (κ1) is 17.1. The van der Waals surface area contributed by atoms with Crippen LogP contribution in [0.15, 0.2) is 47.1 Å². The molecule has 26 heavy (non-hydrogen) atoms. The third-order valence-electron chi connectivity index (χ3n) is 5.87. The summed E-state index contributed by atoms with van der Waals surface area (Å²) in [5.41, 5.74) is 14.4. The molecule has 134 valence electrons. The predicted octanol–water partition coefficient (Wildman–Crippen LogP) is 6.41. The highest BCUT2D eigenvalue weighted by Gasteiger charge is 2.24. The van der Waals surface area contributed by atoms with Gasteiger partial charge >= 0.3 is 0 Å². The zero-order chi connectivity index (χ0) is 17.9. The average molecular weight is 345 g/mol. The molecule has 0 saturated carbocycles. The summed E-state index contributed by atoms with van der Waals surface area (Å²) in [6.07, 6.45) is 11.0.